The van der Waals surface area contributed by atoms with E-state index in [1.54, 1.807) is 11.0 Å². The molecular weight excluding hydrogens is 352 g/mol. The molecule has 2 N–H and O–H groups in total. The third kappa shape index (κ3) is 4.42. The molecule has 2 aromatic carbocycles. The third-order valence-corrected chi connectivity index (χ3v) is 4.85. The summed E-state index contributed by atoms with van der Waals surface area (Å²) in [7, 11) is 0. The molecule has 0 spiro atoms. The highest BCUT2D eigenvalue weighted by Crippen LogP contribution is 2.25. The van der Waals surface area contributed by atoms with Crippen LogP contribution in [0.5, 0.6) is 0 Å². The summed E-state index contributed by atoms with van der Waals surface area (Å²) in [6.07, 6.45) is 1.37. The Balaban J connectivity index is 1.78. The molecule has 1 aliphatic rings. The lowest BCUT2D eigenvalue weighted by atomic mass is 9.98. The van der Waals surface area contributed by atoms with Crippen LogP contribution in [0.1, 0.15) is 30.0 Å². The number of carbonyl (C=O) groups is 2. The maximum absolute atomic E-state index is 12.6. The van der Waals surface area contributed by atoms with E-state index in [9.17, 15) is 14.7 Å². The number of nitrogens with zero attached hydrogens (tertiary/aromatic N) is 1. The van der Waals surface area contributed by atoms with Crippen LogP contribution in [-0.2, 0) is 9.59 Å². The molecule has 3 rings (SSSR count). The quantitative estimate of drug-likeness (QED) is 0.817. The Bertz CT molecular complexity index is 782. The van der Waals surface area contributed by atoms with Gasteiger partial charge in [0.15, 0.2) is 0 Å². The van der Waals surface area contributed by atoms with E-state index in [1.165, 1.54) is 0 Å². The molecule has 5 nitrogen and oxygen atoms in total. The van der Waals surface area contributed by atoms with Crippen molar-refractivity contribution in [3.8, 4) is 0 Å². The zero-order valence-corrected chi connectivity index (χ0v) is 15.0. The molecule has 0 radical (unpaired) electrons. The van der Waals surface area contributed by atoms with Gasteiger partial charge in [0.2, 0.25) is 5.91 Å². The van der Waals surface area contributed by atoms with Gasteiger partial charge in [-0.15, -0.1) is 0 Å². The van der Waals surface area contributed by atoms with Crippen molar-refractivity contribution in [3.05, 3.63) is 70.7 Å². The van der Waals surface area contributed by atoms with Crippen LogP contribution in [0.25, 0.3) is 0 Å². The maximum Gasteiger partial charge on any atom is 0.320 e. The van der Waals surface area contributed by atoms with E-state index < -0.39 is 12.0 Å². The summed E-state index contributed by atoms with van der Waals surface area (Å²) in [4.78, 5) is 25.7. The normalized spacial score (nSPS) is 18.4. The van der Waals surface area contributed by atoms with Crippen molar-refractivity contribution in [2.75, 3.05) is 13.1 Å². The van der Waals surface area contributed by atoms with Gasteiger partial charge in [0.05, 0.1) is 12.6 Å². The van der Waals surface area contributed by atoms with Gasteiger partial charge in [-0.25, -0.2) is 0 Å². The van der Waals surface area contributed by atoms with Crippen LogP contribution < -0.4 is 5.32 Å². The average Bonchev–Trinajstić information content (AvgIpc) is 3.09. The SMILES string of the molecule is O=C(CN1CCCC1C(=O)O)NC(c1ccccc1)c1cccc(Cl)c1. The summed E-state index contributed by atoms with van der Waals surface area (Å²) in [5.41, 5.74) is 1.83. The number of hydrogen-bond acceptors (Lipinski definition) is 3. The fraction of sp³-hybridized carbons (Fsp3) is 0.300. The molecule has 0 aromatic heterocycles. The van der Waals surface area contributed by atoms with E-state index in [-0.39, 0.29) is 18.5 Å². The number of carbonyl (C=O) groups excluding carboxylic acids is 1. The fourth-order valence-electron chi connectivity index (χ4n) is 3.38. The number of hydrogen-bond donors (Lipinski definition) is 2. The Kier molecular flexibility index (Phi) is 5.91. The number of nitrogens with one attached hydrogen (secondary N) is 1. The van der Waals surface area contributed by atoms with Crippen molar-refractivity contribution in [3.63, 3.8) is 0 Å². The summed E-state index contributed by atoms with van der Waals surface area (Å²) in [6, 6.07) is 16.1. The summed E-state index contributed by atoms with van der Waals surface area (Å²) < 4.78 is 0. The molecule has 6 heteroatoms. The van der Waals surface area contributed by atoms with Gasteiger partial charge in [-0.3, -0.25) is 14.5 Å². The second-order valence-corrected chi connectivity index (χ2v) is 6.87. The monoisotopic (exact) mass is 372 g/mol. The number of likely N-dealkylation sites (tertiary alicyclic amines) is 1. The molecule has 0 aliphatic carbocycles. The van der Waals surface area contributed by atoms with Crippen molar-refractivity contribution < 1.29 is 14.7 Å². The number of aliphatic carboxylic acids is 1. The molecule has 26 heavy (non-hydrogen) atoms. The van der Waals surface area contributed by atoms with Gasteiger partial charge in [-0.05, 0) is 42.6 Å². The van der Waals surface area contributed by atoms with E-state index in [4.69, 9.17) is 11.6 Å². The van der Waals surface area contributed by atoms with Crippen LogP contribution in [-0.4, -0.2) is 41.0 Å². The summed E-state index contributed by atoms with van der Waals surface area (Å²) in [6.45, 7) is 0.693. The number of carboxylic acid groups (broad SMARTS) is 1. The highest BCUT2D eigenvalue weighted by Gasteiger charge is 2.32. The van der Waals surface area contributed by atoms with Crippen LogP contribution in [0.2, 0.25) is 5.02 Å². The molecule has 1 saturated heterocycles. The lowest BCUT2D eigenvalue weighted by molar-refractivity contribution is -0.142. The van der Waals surface area contributed by atoms with Crippen molar-refractivity contribution in [1.82, 2.24) is 10.2 Å². The van der Waals surface area contributed by atoms with Gasteiger partial charge in [0.1, 0.15) is 6.04 Å². The molecule has 0 bridgehead atoms. The summed E-state index contributed by atoms with van der Waals surface area (Å²) in [5, 5.41) is 12.9. The number of halogens is 1. The van der Waals surface area contributed by atoms with Gasteiger partial charge in [-0.2, -0.15) is 0 Å². The minimum atomic E-state index is -0.871. The van der Waals surface area contributed by atoms with Gasteiger partial charge < -0.3 is 10.4 Å². The molecule has 1 fully saturated rings. The Morgan fingerprint density at radius 3 is 2.58 bits per heavy atom. The van der Waals surface area contributed by atoms with Crippen molar-refractivity contribution in [2.24, 2.45) is 0 Å². The predicted octanol–water partition coefficient (Wildman–Crippen LogP) is 3.09. The number of carboxylic acids is 1. The molecule has 2 aromatic rings. The van der Waals surface area contributed by atoms with Crippen LogP contribution in [0, 0.1) is 0 Å². The van der Waals surface area contributed by atoms with Crippen LogP contribution in [0.3, 0.4) is 0 Å². The van der Waals surface area contributed by atoms with Crippen molar-refractivity contribution in [2.45, 2.75) is 24.9 Å². The molecule has 2 atom stereocenters. The fourth-order valence-corrected chi connectivity index (χ4v) is 3.58. The topological polar surface area (TPSA) is 69.6 Å². The summed E-state index contributed by atoms with van der Waals surface area (Å²) >= 11 is 6.12. The van der Waals surface area contributed by atoms with E-state index >= 15 is 0 Å². The minimum Gasteiger partial charge on any atom is -0.480 e. The Hall–Kier alpha value is -2.37. The maximum atomic E-state index is 12.6. The zero-order valence-electron chi connectivity index (χ0n) is 14.3. The van der Waals surface area contributed by atoms with Crippen LogP contribution in [0.15, 0.2) is 54.6 Å². The Labute approximate surface area is 157 Å². The Morgan fingerprint density at radius 2 is 1.88 bits per heavy atom. The first-order valence-electron chi connectivity index (χ1n) is 8.61. The largest absolute Gasteiger partial charge is 0.480 e. The van der Waals surface area contributed by atoms with Crippen LogP contribution in [0.4, 0.5) is 0 Å². The van der Waals surface area contributed by atoms with Gasteiger partial charge >= 0.3 is 5.97 Å². The van der Waals surface area contributed by atoms with E-state index in [0.29, 0.717) is 18.0 Å². The number of amides is 1. The summed E-state index contributed by atoms with van der Waals surface area (Å²) in [5.74, 6) is -1.07. The highest BCUT2D eigenvalue weighted by molar-refractivity contribution is 6.30. The molecule has 136 valence electrons. The molecule has 1 aliphatic heterocycles. The average molecular weight is 373 g/mol. The predicted molar refractivity (Wildman–Crippen MR) is 100 cm³/mol. The lowest BCUT2D eigenvalue weighted by Gasteiger charge is -2.24. The highest BCUT2D eigenvalue weighted by atomic mass is 35.5. The molecule has 1 amide bonds. The van der Waals surface area contributed by atoms with Gasteiger partial charge in [0, 0.05) is 5.02 Å². The standard InChI is InChI=1S/C20H21ClN2O3/c21-16-9-4-8-15(12-16)19(14-6-2-1-3-7-14)22-18(24)13-23-11-5-10-17(23)20(25)26/h1-4,6-9,12,17,19H,5,10-11,13H2,(H,22,24)(H,25,26). The van der Waals surface area contributed by atoms with Crippen LogP contribution >= 0.6 is 11.6 Å². The first-order chi connectivity index (χ1) is 12.5. The van der Waals surface area contributed by atoms with E-state index in [0.717, 1.165) is 17.5 Å². The first kappa shape index (κ1) is 18.4. The number of benzene rings is 2. The van der Waals surface area contributed by atoms with Gasteiger partial charge in [-0.1, -0.05) is 54.1 Å². The number of rotatable bonds is 6. The smallest absolute Gasteiger partial charge is 0.320 e. The van der Waals surface area contributed by atoms with E-state index in [1.807, 2.05) is 48.5 Å². The lowest BCUT2D eigenvalue weighted by Crippen LogP contribution is -2.43. The first-order valence-corrected chi connectivity index (χ1v) is 8.99. The van der Waals surface area contributed by atoms with Crippen molar-refractivity contribution >= 4 is 23.5 Å². The zero-order chi connectivity index (χ0) is 18.5. The second kappa shape index (κ2) is 8.34. The third-order valence-electron chi connectivity index (χ3n) is 4.62. The second-order valence-electron chi connectivity index (χ2n) is 6.43. The minimum absolute atomic E-state index is 0.0703. The Morgan fingerprint density at radius 1 is 1.15 bits per heavy atom. The van der Waals surface area contributed by atoms with Gasteiger partial charge in [0.25, 0.3) is 0 Å². The molecule has 1 heterocycles. The molecule has 0 saturated carbocycles. The molecule has 2 unspecified atom stereocenters. The van der Waals surface area contributed by atoms with Crippen molar-refractivity contribution in [1.29, 1.82) is 0 Å². The van der Waals surface area contributed by atoms with E-state index in [2.05, 4.69) is 5.32 Å². The molecular formula is C20H21ClN2O3.